The fraction of sp³-hybridized carbons (Fsp3) is 0.632. The van der Waals surface area contributed by atoms with Crippen LogP contribution >= 0.6 is 0 Å². The first kappa shape index (κ1) is 19.0. The second-order valence-electron chi connectivity index (χ2n) is 7.28. The molecule has 2 aliphatic heterocycles. The second-order valence-corrected chi connectivity index (χ2v) is 7.28. The Kier molecular flexibility index (Phi) is 5.75. The molecule has 0 atom stereocenters. The topological polar surface area (TPSA) is 41.6 Å². The molecule has 0 bridgehead atoms. The van der Waals surface area contributed by atoms with Gasteiger partial charge in [0.15, 0.2) is 0 Å². The molecule has 144 valence electrons. The van der Waals surface area contributed by atoms with Crippen molar-refractivity contribution in [2.45, 2.75) is 38.3 Å². The lowest BCUT2D eigenvalue weighted by Crippen LogP contribution is -2.49. The minimum Gasteiger partial charge on any atom is -0.381 e. The third kappa shape index (κ3) is 4.69. The number of likely N-dealkylation sites (tertiary alicyclic amines) is 1. The van der Waals surface area contributed by atoms with Gasteiger partial charge in [0, 0.05) is 32.8 Å². The average molecular weight is 370 g/mol. The summed E-state index contributed by atoms with van der Waals surface area (Å²) in [5, 5.41) is 2.88. The molecule has 1 spiro atoms. The van der Waals surface area contributed by atoms with Crippen molar-refractivity contribution in [3.63, 3.8) is 0 Å². The summed E-state index contributed by atoms with van der Waals surface area (Å²) in [6, 6.07) is 5.00. The van der Waals surface area contributed by atoms with Gasteiger partial charge in [-0.3, -0.25) is 0 Å². The predicted molar refractivity (Wildman–Crippen MR) is 91.8 cm³/mol. The van der Waals surface area contributed by atoms with Gasteiger partial charge in [-0.05, 0) is 55.2 Å². The molecule has 4 nitrogen and oxygen atoms in total. The monoisotopic (exact) mass is 370 g/mol. The number of rotatable bonds is 3. The minimum atomic E-state index is -4.32. The molecule has 0 aromatic heterocycles. The summed E-state index contributed by atoms with van der Waals surface area (Å²) in [6.45, 7) is 3.57. The molecule has 1 N–H and O–H groups in total. The fourth-order valence-corrected chi connectivity index (χ4v) is 3.77. The summed E-state index contributed by atoms with van der Waals surface area (Å²) < 4.78 is 43.1. The van der Waals surface area contributed by atoms with Gasteiger partial charge in [-0.25, -0.2) is 4.79 Å². The van der Waals surface area contributed by atoms with Gasteiger partial charge in [-0.2, -0.15) is 13.2 Å². The molecule has 7 heteroatoms. The van der Waals surface area contributed by atoms with Gasteiger partial charge in [0.2, 0.25) is 0 Å². The molecule has 26 heavy (non-hydrogen) atoms. The molecule has 2 saturated heterocycles. The van der Waals surface area contributed by atoms with Crippen LogP contribution in [0.5, 0.6) is 0 Å². The third-order valence-electron chi connectivity index (χ3n) is 5.64. The number of hydrogen-bond donors (Lipinski definition) is 1. The number of carbonyl (C=O) groups is 1. The first-order chi connectivity index (χ1) is 12.4. The summed E-state index contributed by atoms with van der Waals surface area (Å²) >= 11 is 0. The average Bonchev–Trinajstić information content (AvgIpc) is 2.62. The smallest absolute Gasteiger partial charge is 0.381 e. The number of nitrogens with zero attached hydrogens (tertiary/aromatic N) is 1. The number of alkyl halides is 3. The van der Waals surface area contributed by atoms with E-state index in [1.807, 2.05) is 4.90 Å². The maximum Gasteiger partial charge on any atom is 0.416 e. The van der Waals surface area contributed by atoms with Crippen LogP contribution in [0.1, 0.15) is 36.8 Å². The molecule has 1 aromatic carbocycles. The van der Waals surface area contributed by atoms with Crippen LogP contribution in [0.3, 0.4) is 0 Å². The molecule has 1 aromatic rings. The normalized spacial score (nSPS) is 20.2. The molecule has 0 saturated carbocycles. The lowest BCUT2D eigenvalue weighted by atomic mass is 9.72. The van der Waals surface area contributed by atoms with E-state index in [4.69, 9.17) is 4.74 Å². The zero-order valence-corrected chi connectivity index (χ0v) is 14.8. The lowest BCUT2D eigenvalue weighted by molar-refractivity contribution is -0.137. The molecule has 2 amide bonds. The van der Waals surface area contributed by atoms with E-state index < -0.39 is 11.7 Å². The van der Waals surface area contributed by atoms with E-state index in [9.17, 15) is 18.0 Å². The highest BCUT2D eigenvalue weighted by molar-refractivity contribution is 5.74. The molecule has 0 unspecified atom stereocenters. The number of halogens is 3. The van der Waals surface area contributed by atoms with Crippen LogP contribution in [0.2, 0.25) is 0 Å². The first-order valence-electron chi connectivity index (χ1n) is 9.15. The number of urea groups is 1. The van der Waals surface area contributed by atoms with Crippen LogP contribution in [0.15, 0.2) is 24.3 Å². The lowest BCUT2D eigenvalue weighted by Gasteiger charge is -2.44. The van der Waals surface area contributed by atoms with Crippen molar-refractivity contribution in [1.29, 1.82) is 0 Å². The number of nitrogens with one attached hydrogen (secondary N) is 1. The summed E-state index contributed by atoms with van der Waals surface area (Å²) in [4.78, 5) is 14.1. The Bertz CT molecular complexity index is 600. The Labute approximate surface area is 151 Å². The van der Waals surface area contributed by atoms with Gasteiger partial charge in [0.1, 0.15) is 0 Å². The molecule has 0 radical (unpaired) electrons. The van der Waals surface area contributed by atoms with Gasteiger partial charge in [-0.15, -0.1) is 0 Å². The van der Waals surface area contributed by atoms with E-state index in [2.05, 4.69) is 5.32 Å². The number of ether oxygens (including phenoxy) is 1. The van der Waals surface area contributed by atoms with Crippen molar-refractivity contribution in [1.82, 2.24) is 10.2 Å². The molecular weight excluding hydrogens is 345 g/mol. The van der Waals surface area contributed by atoms with Crippen LogP contribution in [-0.4, -0.2) is 43.8 Å². The van der Waals surface area contributed by atoms with Gasteiger partial charge < -0.3 is 15.0 Å². The van der Waals surface area contributed by atoms with Crippen molar-refractivity contribution in [3.8, 4) is 0 Å². The highest BCUT2D eigenvalue weighted by atomic mass is 19.4. The summed E-state index contributed by atoms with van der Waals surface area (Å²) in [6.07, 6.45) is 0.389. The quantitative estimate of drug-likeness (QED) is 0.878. The number of piperidine rings is 1. The molecule has 2 heterocycles. The van der Waals surface area contributed by atoms with E-state index in [-0.39, 0.29) is 6.03 Å². The Hall–Kier alpha value is -1.76. The second kappa shape index (κ2) is 7.86. The van der Waals surface area contributed by atoms with Crippen molar-refractivity contribution in [2.24, 2.45) is 5.41 Å². The first-order valence-corrected chi connectivity index (χ1v) is 9.15. The van der Waals surface area contributed by atoms with Gasteiger partial charge in [0.25, 0.3) is 0 Å². The maximum atomic E-state index is 12.5. The summed E-state index contributed by atoms with van der Waals surface area (Å²) in [5.41, 5.74) is 0.466. The Morgan fingerprint density at radius 2 is 1.69 bits per heavy atom. The van der Waals surface area contributed by atoms with Crippen LogP contribution in [0.4, 0.5) is 18.0 Å². The largest absolute Gasteiger partial charge is 0.416 e. The standard InChI is InChI=1S/C19H25F3N2O2/c20-19(21,22)16-3-1-15(2-4-16)5-10-23-17(25)24-11-6-18(7-12-24)8-13-26-14-9-18/h1-4H,5-14H2,(H,23,25). The third-order valence-corrected chi connectivity index (χ3v) is 5.64. The summed E-state index contributed by atoms with van der Waals surface area (Å²) in [5.74, 6) is 0. The van der Waals surface area contributed by atoms with Crippen molar-refractivity contribution in [3.05, 3.63) is 35.4 Å². The van der Waals surface area contributed by atoms with E-state index in [0.717, 1.165) is 69.7 Å². The van der Waals surface area contributed by atoms with Crippen LogP contribution in [0.25, 0.3) is 0 Å². The molecule has 0 aliphatic carbocycles. The predicted octanol–water partition coefficient (Wildman–Crippen LogP) is 3.85. The Morgan fingerprint density at radius 1 is 1.08 bits per heavy atom. The van der Waals surface area contributed by atoms with E-state index >= 15 is 0 Å². The van der Waals surface area contributed by atoms with Crippen molar-refractivity contribution >= 4 is 6.03 Å². The zero-order chi connectivity index (χ0) is 18.6. The van der Waals surface area contributed by atoms with E-state index in [1.54, 1.807) is 0 Å². The van der Waals surface area contributed by atoms with Gasteiger partial charge >= 0.3 is 12.2 Å². The number of benzene rings is 1. The van der Waals surface area contributed by atoms with Crippen molar-refractivity contribution in [2.75, 3.05) is 32.8 Å². The van der Waals surface area contributed by atoms with Crippen LogP contribution < -0.4 is 5.32 Å². The molecule has 2 aliphatic rings. The fourth-order valence-electron chi connectivity index (χ4n) is 3.77. The zero-order valence-electron chi connectivity index (χ0n) is 14.8. The highest BCUT2D eigenvalue weighted by Crippen LogP contribution is 2.40. The van der Waals surface area contributed by atoms with Crippen molar-refractivity contribution < 1.29 is 22.7 Å². The van der Waals surface area contributed by atoms with E-state index in [0.29, 0.717) is 18.4 Å². The Balaban J connectivity index is 1.40. The number of hydrogen-bond acceptors (Lipinski definition) is 2. The SMILES string of the molecule is O=C(NCCc1ccc(C(F)(F)F)cc1)N1CCC2(CCOCC2)CC1. The van der Waals surface area contributed by atoms with Crippen LogP contribution in [-0.2, 0) is 17.3 Å². The highest BCUT2D eigenvalue weighted by Gasteiger charge is 2.37. The minimum absolute atomic E-state index is 0.0844. The number of amides is 2. The van der Waals surface area contributed by atoms with Gasteiger partial charge in [-0.1, -0.05) is 12.1 Å². The molecule has 3 rings (SSSR count). The Morgan fingerprint density at radius 3 is 2.27 bits per heavy atom. The maximum absolute atomic E-state index is 12.5. The summed E-state index contributed by atoms with van der Waals surface area (Å²) in [7, 11) is 0. The molecule has 2 fully saturated rings. The van der Waals surface area contributed by atoms with E-state index in [1.165, 1.54) is 12.1 Å². The number of carbonyl (C=O) groups excluding carboxylic acids is 1. The van der Waals surface area contributed by atoms with Gasteiger partial charge in [0.05, 0.1) is 5.56 Å². The van der Waals surface area contributed by atoms with Crippen LogP contribution in [0, 0.1) is 5.41 Å². The molecular formula is C19H25F3N2O2.